The van der Waals surface area contributed by atoms with Gasteiger partial charge in [0, 0.05) is 22.4 Å². The van der Waals surface area contributed by atoms with Crippen LogP contribution in [-0.4, -0.2) is 33.5 Å². The van der Waals surface area contributed by atoms with E-state index in [1.165, 1.54) is 4.90 Å². The Morgan fingerprint density at radius 1 is 1.17 bits per heavy atom. The fourth-order valence-corrected chi connectivity index (χ4v) is 3.21. The van der Waals surface area contributed by atoms with Crippen molar-refractivity contribution in [2.45, 2.75) is 20.0 Å². The van der Waals surface area contributed by atoms with Crippen molar-refractivity contribution in [3.8, 4) is 11.5 Å². The minimum atomic E-state index is -0.748. The summed E-state index contributed by atoms with van der Waals surface area (Å²) in [5.74, 6) is -0.320. The van der Waals surface area contributed by atoms with Crippen molar-refractivity contribution in [1.82, 2.24) is 15.1 Å². The molecule has 0 fully saturated rings. The predicted molar refractivity (Wildman–Crippen MR) is 105 cm³/mol. The van der Waals surface area contributed by atoms with Crippen LogP contribution in [0.4, 0.5) is 0 Å². The number of esters is 1. The van der Waals surface area contributed by atoms with E-state index < -0.39 is 12.1 Å². The van der Waals surface area contributed by atoms with E-state index in [4.69, 9.17) is 9.15 Å². The number of hydrogen-bond donors (Lipinski definition) is 0. The Morgan fingerprint density at radius 2 is 1.93 bits per heavy atom. The van der Waals surface area contributed by atoms with Crippen LogP contribution in [0, 0.1) is 6.92 Å². The summed E-state index contributed by atoms with van der Waals surface area (Å²) in [5, 5.41) is 8.00. The van der Waals surface area contributed by atoms with E-state index in [0.29, 0.717) is 17.2 Å². The van der Waals surface area contributed by atoms with Crippen molar-refractivity contribution < 1.29 is 18.7 Å². The van der Waals surface area contributed by atoms with Gasteiger partial charge in [0.1, 0.15) is 6.54 Å². The van der Waals surface area contributed by atoms with Gasteiger partial charge >= 0.3 is 5.97 Å². The van der Waals surface area contributed by atoms with Crippen LogP contribution < -0.4 is 0 Å². The Labute approximate surface area is 167 Å². The molecule has 146 valence electrons. The molecule has 3 aromatic rings. The van der Waals surface area contributed by atoms with Gasteiger partial charge in [0.15, 0.2) is 6.10 Å². The lowest BCUT2D eigenvalue weighted by Crippen LogP contribution is -2.30. The molecule has 2 heterocycles. The second-order valence-electron chi connectivity index (χ2n) is 6.83. The molecule has 0 radical (unpaired) electrons. The van der Waals surface area contributed by atoms with E-state index in [2.05, 4.69) is 16.8 Å². The third-order valence-electron chi connectivity index (χ3n) is 4.69. The van der Waals surface area contributed by atoms with Crippen molar-refractivity contribution in [3.05, 3.63) is 77.7 Å². The third-order valence-corrected chi connectivity index (χ3v) is 4.69. The van der Waals surface area contributed by atoms with Gasteiger partial charge in [0.05, 0.1) is 0 Å². The summed E-state index contributed by atoms with van der Waals surface area (Å²) in [5.41, 5.74) is 3.59. The maximum atomic E-state index is 12.5. The molecular formula is C22H19N3O4. The summed E-state index contributed by atoms with van der Waals surface area (Å²) >= 11 is 0. The summed E-state index contributed by atoms with van der Waals surface area (Å²) in [7, 11) is 0. The summed E-state index contributed by atoms with van der Waals surface area (Å²) < 4.78 is 11.0. The zero-order chi connectivity index (χ0) is 20.5. The summed E-state index contributed by atoms with van der Waals surface area (Å²) in [6, 6.07) is 14.8. The van der Waals surface area contributed by atoms with Crippen LogP contribution in [0.2, 0.25) is 0 Å². The molecule has 1 aromatic heterocycles. The van der Waals surface area contributed by atoms with Crippen LogP contribution in [0.5, 0.6) is 0 Å². The number of benzene rings is 2. The maximum Gasteiger partial charge on any atom is 0.326 e. The lowest BCUT2D eigenvalue weighted by molar-refractivity contribution is -0.149. The Bertz CT molecular complexity index is 1080. The first-order chi connectivity index (χ1) is 13.9. The highest BCUT2D eigenvalue weighted by atomic mass is 16.6. The minimum Gasteiger partial charge on any atom is -0.451 e. The monoisotopic (exact) mass is 389 g/mol. The van der Waals surface area contributed by atoms with Crippen molar-refractivity contribution in [1.29, 1.82) is 0 Å². The molecule has 2 aromatic carbocycles. The predicted octanol–water partition coefficient (Wildman–Crippen LogP) is 3.78. The zero-order valence-corrected chi connectivity index (χ0v) is 16.1. The molecule has 0 saturated heterocycles. The first-order valence-electron chi connectivity index (χ1n) is 9.14. The van der Waals surface area contributed by atoms with Crippen LogP contribution in [-0.2, 0) is 9.53 Å². The van der Waals surface area contributed by atoms with Crippen LogP contribution in [0.15, 0.2) is 59.5 Å². The second kappa shape index (κ2) is 7.35. The molecule has 0 saturated carbocycles. The lowest BCUT2D eigenvalue weighted by atomic mass is 10.1. The molecule has 7 nitrogen and oxygen atoms in total. The minimum absolute atomic E-state index is 0.185. The van der Waals surface area contributed by atoms with Crippen molar-refractivity contribution in [2.24, 2.45) is 0 Å². The highest BCUT2D eigenvalue weighted by molar-refractivity contribution is 6.10. The Hall–Kier alpha value is -3.74. The number of aromatic nitrogens is 2. The van der Waals surface area contributed by atoms with Gasteiger partial charge < -0.3 is 9.15 Å². The number of carbonyl (C=O) groups excluding carboxylic acids is 2. The van der Waals surface area contributed by atoms with Gasteiger partial charge in [-0.25, -0.2) is 0 Å². The van der Waals surface area contributed by atoms with Crippen molar-refractivity contribution in [3.63, 3.8) is 0 Å². The maximum absolute atomic E-state index is 12.5. The van der Waals surface area contributed by atoms with Crippen LogP contribution in [0.1, 0.15) is 40.4 Å². The largest absolute Gasteiger partial charge is 0.451 e. The molecule has 0 spiro atoms. The number of rotatable bonds is 5. The third kappa shape index (κ3) is 3.54. The van der Waals surface area contributed by atoms with E-state index in [9.17, 15) is 9.59 Å². The van der Waals surface area contributed by atoms with Gasteiger partial charge in [-0.05, 0) is 32.0 Å². The molecule has 0 unspecified atom stereocenters. The molecular weight excluding hydrogens is 370 g/mol. The van der Waals surface area contributed by atoms with Gasteiger partial charge in [-0.3, -0.25) is 14.5 Å². The number of carbonyl (C=O) groups is 2. The molecule has 0 aliphatic carbocycles. The van der Waals surface area contributed by atoms with Crippen molar-refractivity contribution >= 4 is 17.6 Å². The number of amides is 1. The summed E-state index contributed by atoms with van der Waals surface area (Å²) in [6.07, 6.45) is -0.748. The molecule has 4 rings (SSSR count). The lowest BCUT2D eigenvalue weighted by Gasteiger charge is -2.17. The fourth-order valence-electron chi connectivity index (χ4n) is 3.21. The van der Waals surface area contributed by atoms with E-state index in [-0.39, 0.29) is 18.3 Å². The molecule has 0 bridgehead atoms. The topological polar surface area (TPSA) is 85.5 Å². The quantitative estimate of drug-likeness (QED) is 0.618. The van der Waals surface area contributed by atoms with Crippen molar-refractivity contribution in [2.75, 3.05) is 6.54 Å². The van der Waals surface area contributed by atoms with Gasteiger partial charge in [-0.2, -0.15) is 0 Å². The Balaban J connectivity index is 1.42. The van der Waals surface area contributed by atoms with E-state index in [0.717, 1.165) is 16.7 Å². The summed E-state index contributed by atoms with van der Waals surface area (Å²) in [4.78, 5) is 26.2. The molecule has 1 amide bonds. The van der Waals surface area contributed by atoms with Gasteiger partial charge in [0.2, 0.25) is 5.89 Å². The van der Waals surface area contributed by atoms with Gasteiger partial charge in [0.25, 0.3) is 11.8 Å². The normalized spacial score (nSPS) is 14.1. The Morgan fingerprint density at radius 3 is 2.66 bits per heavy atom. The Kier molecular flexibility index (Phi) is 4.72. The molecule has 7 heteroatoms. The van der Waals surface area contributed by atoms with E-state index in [1.807, 2.05) is 37.3 Å². The number of fused-ring (bicyclic) bond motifs is 1. The number of aryl methyl sites for hydroxylation is 1. The van der Waals surface area contributed by atoms with Gasteiger partial charge in [-0.15, -0.1) is 10.2 Å². The average Bonchev–Trinajstić information content (AvgIpc) is 3.29. The molecule has 1 atom stereocenters. The van der Waals surface area contributed by atoms with E-state index >= 15 is 0 Å². The summed E-state index contributed by atoms with van der Waals surface area (Å²) in [6.45, 7) is 7.29. The molecule has 29 heavy (non-hydrogen) atoms. The second-order valence-corrected chi connectivity index (χ2v) is 6.83. The SMILES string of the molecule is C=C1c2ccccc2C(=O)N1CC(=O)O[C@@H](C)c1nnc(-c2cccc(C)c2)o1. The van der Waals surface area contributed by atoms with Crippen LogP contribution in [0.25, 0.3) is 17.2 Å². The molecule has 1 aliphatic rings. The number of ether oxygens (including phenoxy) is 1. The first kappa shape index (κ1) is 18.6. The highest BCUT2D eigenvalue weighted by Gasteiger charge is 2.33. The fraction of sp³-hybridized carbons (Fsp3) is 0.182. The van der Waals surface area contributed by atoms with Crippen LogP contribution >= 0.6 is 0 Å². The van der Waals surface area contributed by atoms with E-state index in [1.54, 1.807) is 25.1 Å². The van der Waals surface area contributed by atoms with Gasteiger partial charge in [-0.1, -0.05) is 42.5 Å². The standard InChI is InChI=1S/C22H19N3O4/c1-13-7-6-8-16(11-13)21-24-23-20(29-21)15(3)28-19(26)12-25-14(2)17-9-4-5-10-18(17)22(25)27/h4-11,15H,2,12H2,1,3H3/t15-/m0/s1. The smallest absolute Gasteiger partial charge is 0.326 e. The number of hydrogen-bond acceptors (Lipinski definition) is 6. The molecule has 0 N–H and O–H groups in total. The number of nitrogens with zero attached hydrogens (tertiary/aromatic N) is 3. The average molecular weight is 389 g/mol. The highest BCUT2D eigenvalue weighted by Crippen LogP contribution is 2.31. The van der Waals surface area contributed by atoms with Crippen LogP contribution in [0.3, 0.4) is 0 Å². The molecule has 1 aliphatic heterocycles. The first-order valence-corrected chi connectivity index (χ1v) is 9.14. The zero-order valence-electron chi connectivity index (χ0n) is 16.1.